The minimum absolute atomic E-state index is 0.0465. The topological polar surface area (TPSA) is 104 Å². The number of imide groups is 2. The van der Waals surface area contributed by atoms with Gasteiger partial charge in [-0.05, 0) is 56.6 Å². The molecule has 6 atom stereocenters. The largest absolute Gasteiger partial charge is 0.504 e. The zero-order valence-electron chi connectivity index (χ0n) is 24.1. The van der Waals surface area contributed by atoms with Crippen LogP contribution in [0.3, 0.4) is 0 Å². The molecule has 4 amide bonds. The fourth-order valence-corrected chi connectivity index (χ4v) is 9.83. The summed E-state index contributed by atoms with van der Waals surface area (Å²) in [5, 5.41) is 11.4. The Labute approximate surface area is 255 Å². The maximum absolute atomic E-state index is 14.3. The van der Waals surface area contributed by atoms with Gasteiger partial charge >= 0.3 is 0 Å². The first-order chi connectivity index (χ1) is 20.3. The molecule has 2 aliphatic heterocycles. The number of amides is 4. The van der Waals surface area contributed by atoms with Crippen LogP contribution in [0.5, 0.6) is 11.5 Å². The van der Waals surface area contributed by atoms with Crippen LogP contribution in [0, 0.1) is 29.6 Å². The van der Waals surface area contributed by atoms with Gasteiger partial charge in [0.2, 0.25) is 23.6 Å². The Morgan fingerprint density at radius 2 is 1.33 bits per heavy atom. The van der Waals surface area contributed by atoms with Gasteiger partial charge in [0.1, 0.15) is 0 Å². The Morgan fingerprint density at radius 1 is 0.762 bits per heavy atom. The number of aromatic hydroxyl groups is 1. The van der Waals surface area contributed by atoms with Crippen molar-refractivity contribution in [1.29, 1.82) is 0 Å². The van der Waals surface area contributed by atoms with E-state index in [1.165, 1.54) is 7.11 Å². The molecule has 9 heteroatoms. The second-order valence-corrected chi connectivity index (χ2v) is 14.2. The monoisotopic (exact) mass is 638 g/mol. The molecule has 7 rings (SSSR count). The van der Waals surface area contributed by atoms with Crippen LogP contribution in [0.15, 0.2) is 28.3 Å². The number of benzene rings is 1. The quantitative estimate of drug-likeness (QED) is 0.347. The molecule has 6 aliphatic rings. The number of methoxy groups -OCH3 is 1. The lowest BCUT2D eigenvalue weighted by Gasteiger charge is -2.44. The van der Waals surface area contributed by atoms with Crippen LogP contribution in [-0.4, -0.2) is 57.7 Å². The standard InChI is InChI=1S/C33H39BrN2O6/c1-42-25-15-17(34)14-23(29(25)37)26-20-12-13-21-27(32(40)35(30(21)38)18-8-4-2-5-9-18)22(20)16-24-28(26)33(41)36(31(24)39)19-10-6-3-7-11-19/h12,14-15,18-19,21-22,24,26-28,37H,2-11,13,16H2,1H3. The molecule has 2 heterocycles. The maximum Gasteiger partial charge on any atom is 0.234 e. The highest BCUT2D eigenvalue weighted by molar-refractivity contribution is 9.10. The molecule has 5 fully saturated rings. The third kappa shape index (κ3) is 4.20. The zero-order valence-corrected chi connectivity index (χ0v) is 25.7. The van der Waals surface area contributed by atoms with Crippen molar-refractivity contribution < 1.29 is 29.0 Å². The molecule has 1 aromatic carbocycles. The summed E-state index contributed by atoms with van der Waals surface area (Å²) < 4.78 is 6.17. The number of allylic oxidation sites excluding steroid dienone is 2. The summed E-state index contributed by atoms with van der Waals surface area (Å²) in [5.41, 5.74) is 1.43. The third-order valence-electron chi connectivity index (χ3n) is 11.2. The molecule has 1 N–H and O–H groups in total. The SMILES string of the molecule is COc1cc(Br)cc(C2C3=CCC4C(=O)N(C5CCCCC5)C(=O)C4C3CC3C(=O)N(C4CCCCC4)C(=O)C32)c1O. The lowest BCUT2D eigenvalue weighted by Crippen LogP contribution is -2.44. The van der Waals surface area contributed by atoms with E-state index >= 15 is 0 Å². The highest BCUT2D eigenvalue weighted by Gasteiger charge is 2.63. The normalized spacial score (nSPS) is 33.9. The lowest BCUT2D eigenvalue weighted by molar-refractivity contribution is -0.145. The van der Waals surface area contributed by atoms with Crippen LogP contribution in [0.25, 0.3) is 0 Å². The summed E-state index contributed by atoms with van der Waals surface area (Å²) in [5.74, 6) is -3.42. The Balaban J connectivity index is 1.33. The lowest BCUT2D eigenvalue weighted by atomic mass is 9.57. The van der Waals surface area contributed by atoms with Crippen molar-refractivity contribution in [3.63, 3.8) is 0 Å². The first-order valence-corrected chi connectivity index (χ1v) is 16.6. The number of fused-ring (bicyclic) bond motifs is 4. The summed E-state index contributed by atoms with van der Waals surface area (Å²) >= 11 is 3.55. The van der Waals surface area contributed by atoms with Crippen molar-refractivity contribution in [1.82, 2.24) is 9.80 Å². The number of halogens is 1. The van der Waals surface area contributed by atoms with Gasteiger partial charge in [-0.3, -0.25) is 29.0 Å². The van der Waals surface area contributed by atoms with Gasteiger partial charge in [-0.2, -0.15) is 0 Å². The van der Waals surface area contributed by atoms with E-state index in [4.69, 9.17) is 4.74 Å². The molecule has 1 aromatic rings. The minimum atomic E-state index is -0.662. The number of hydrogen-bond acceptors (Lipinski definition) is 6. The van der Waals surface area contributed by atoms with Crippen molar-refractivity contribution in [2.24, 2.45) is 29.6 Å². The summed E-state index contributed by atoms with van der Waals surface area (Å²) in [7, 11) is 1.49. The molecule has 4 aliphatic carbocycles. The number of nitrogens with zero attached hydrogens (tertiary/aromatic N) is 2. The van der Waals surface area contributed by atoms with Crippen LogP contribution in [-0.2, 0) is 19.2 Å². The minimum Gasteiger partial charge on any atom is -0.504 e. The summed E-state index contributed by atoms with van der Waals surface area (Å²) in [6, 6.07) is 3.34. The van der Waals surface area contributed by atoms with Crippen LogP contribution >= 0.6 is 15.9 Å². The summed E-state index contributed by atoms with van der Waals surface area (Å²) in [6.07, 6.45) is 12.5. The van der Waals surface area contributed by atoms with E-state index in [9.17, 15) is 24.3 Å². The predicted molar refractivity (Wildman–Crippen MR) is 157 cm³/mol. The fraction of sp³-hybridized carbons (Fsp3) is 0.636. The van der Waals surface area contributed by atoms with Gasteiger partial charge in [0.15, 0.2) is 11.5 Å². The summed E-state index contributed by atoms with van der Waals surface area (Å²) in [6.45, 7) is 0. The smallest absolute Gasteiger partial charge is 0.234 e. The van der Waals surface area contributed by atoms with Gasteiger partial charge in [0.05, 0.1) is 30.8 Å². The molecule has 8 nitrogen and oxygen atoms in total. The Kier molecular flexibility index (Phi) is 7.22. The Hall–Kier alpha value is -2.68. The van der Waals surface area contributed by atoms with E-state index in [1.54, 1.807) is 15.9 Å². The number of phenolic OH excluding ortho intramolecular Hbond substituents is 1. The van der Waals surface area contributed by atoms with Crippen molar-refractivity contribution in [3.8, 4) is 11.5 Å². The molecular formula is C33H39BrN2O6. The molecule has 0 bridgehead atoms. The van der Waals surface area contributed by atoms with Gasteiger partial charge in [-0.25, -0.2) is 0 Å². The number of carbonyl (C=O) groups is 4. The Morgan fingerprint density at radius 3 is 1.93 bits per heavy atom. The highest BCUT2D eigenvalue weighted by Crippen LogP contribution is 2.60. The van der Waals surface area contributed by atoms with E-state index in [0.29, 0.717) is 22.9 Å². The average molecular weight is 640 g/mol. The van der Waals surface area contributed by atoms with Gasteiger partial charge in [-0.1, -0.05) is 66.1 Å². The molecule has 0 spiro atoms. The number of ether oxygens (including phenoxy) is 1. The first kappa shape index (κ1) is 28.1. The second-order valence-electron chi connectivity index (χ2n) is 13.2. The first-order valence-electron chi connectivity index (χ1n) is 15.8. The van der Waals surface area contributed by atoms with Gasteiger partial charge in [-0.15, -0.1) is 0 Å². The number of likely N-dealkylation sites (tertiary alicyclic amines) is 2. The molecule has 2 saturated heterocycles. The maximum atomic E-state index is 14.3. The van der Waals surface area contributed by atoms with Gasteiger partial charge < -0.3 is 9.84 Å². The molecule has 0 aromatic heterocycles. The van der Waals surface area contributed by atoms with E-state index < -0.39 is 29.6 Å². The second kappa shape index (κ2) is 10.8. The highest BCUT2D eigenvalue weighted by atomic mass is 79.9. The number of carbonyl (C=O) groups excluding carboxylic acids is 4. The molecule has 224 valence electrons. The van der Waals surface area contributed by atoms with Crippen molar-refractivity contribution in [2.75, 3.05) is 7.11 Å². The molecule has 42 heavy (non-hydrogen) atoms. The van der Waals surface area contributed by atoms with Crippen molar-refractivity contribution in [3.05, 3.63) is 33.8 Å². The van der Waals surface area contributed by atoms with Gasteiger partial charge in [0.25, 0.3) is 0 Å². The van der Waals surface area contributed by atoms with Crippen molar-refractivity contribution >= 4 is 39.6 Å². The van der Waals surface area contributed by atoms with E-state index in [-0.39, 0.29) is 53.1 Å². The van der Waals surface area contributed by atoms with Crippen LogP contribution < -0.4 is 4.74 Å². The molecule has 6 unspecified atom stereocenters. The number of phenols is 1. The molecular weight excluding hydrogens is 600 g/mol. The third-order valence-corrected chi connectivity index (χ3v) is 11.7. The van der Waals surface area contributed by atoms with Crippen LogP contribution in [0.2, 0.25) is 0 Å². The molecule has 0 radical (unpaired) electrons. The Bertz CT molecular complexity index is 1360. The van der Waals surface area contributed by atoms with E-state index in [0.717, 1.165) is 69.8 Å². The number of rotatable bonds is 4. The van der Waals surface area contributed by atoms with Gasteiger partial charge in [0, 0.05) is 28.0 Å². The zero-order chi connectivity index (χ0) is 29.3. The molecule has 3 saturated carbocycles. The average Bonchev–Trinajstić information content (AvgIpc) is 3.41. The van der Waals surface area contributed by atoms with Crippen LogP contribution in [0.4, 0.5) is 0 Å². The van der Waals surface area contributed by atoms with E-state index in [2.05, 4.69) is 22.0 Å². The fourth-order valence-electron chi connectivity index (χ4n) is 9.37. The number of hydrogen-bond donors (Lipinski definition) is 1. The van der Waals surface area contributed by atoms with E-state index in [1.807, 2.05) is 6.07 Å². The summed E-state index contributed by atoms with van der Waals surface area (Å²) in [4.78, 5) is 59.5. The van der Waals surface area contributed by atoms with Crippen molar-refractivity contribution in [2.45, 2.75) is 95.1 Å². The van der Waals surface area contributed by atoms with Crippen LogP contribution in [0.1, 0.15) is 88.5 Å². The predicted octanol–water partition coefficient (Wildman–Crippen LogP) is 5.46.